The molecule has 0 radical (unpaired) electrons. The number of rotatable bonds is 3. The van der Waals surface area contributed by atoms with E-state index >= 15 is 0 Å². The van der Waals surface area contributed by atoms with E-state index in [4.69, 9.17) is 4.74 Å². The van der Waals surface area contributed by atoms with Gasteiger partial charge in [-0.1, -0.05) is 0 Å². The van der Waals surface area contributed by atoms with Gasteiger partial charge in [-0.15, -0.1) is 0 Å². The molecular weight excluding hydrogens is 314 g/mol. The van der Waals surface area contributed by atoms with Crippen molar-refractivity contribution in [2.45, 2.75) is 19.4 Å². The number of pyridine rings is 1. The number of piperidine rings is 1. The van der Waals surface area contributed by atoms with Crippen LogP contribution in [0.1, 0.15) is 18.4 Å². The zero-order chi connectivity index (χ0) is 17.0. The van der Waals surface area contributed by atoms with Gasteiger partial charge in [0.05, 0.1) is 13.2 Å². The highest BCUT2D eigenvalue weighted by molar-refractivity contribution is 5.29. The Balaban J connectivity index is 1.49. The number of likely N-dealkylation sites (tertiary alicyclic amines) is 1. The average molecular weight is 339 g/mol. The van der Waals surface area contributed by atoms with Crippen LogP contribution < -0.4 is 4.90 Å². The highest BCUT2D eigenvalue weighted by atomic mass is 16.5. The molecule has 2 aromatic heterocycles. The fourth-order valence-corrected chi connectivity index (χ4v) is 4.06. The van der Waals surface area contributed by atoms with Gasteiger partial charge in [0, 0.05) is 56.4 Å². The van der Waals surface area contributed by atoms with Crippen molar-refractivity contribution >= 4 is 5.95 Å². The van der Waals surface area contributed by atoms with Crippen molar-refractivity contribution in [1.29, 1.82) is 0 Å². The van der Waals surface area contributed by atoms with Crippen LogP contribution in [0.3, 0.4) is 0 Å². The van der Waals surface area contributed by atoms with Crippen LogP contribution >= 0.6 is 0 Å². The molecule has 0 saturated carbocycles. The maximum Gasteiger partial charge on any atom is 0.225 e. The molecule has 132 valence electrons. The van der Waals surface area contributed by atoms with E-state index in [0.717, 1.165) is 51.9 Å². The van der Waals surface area contributed by atoms with E-state index in [0.29, 0.717) is 0 Å². The lowest BCUT2D eigenvalue weighted by Crippen LogP contribution is -2.50. The largest absolute Gasteiger partial charge is 0.379 e. The number of ether oxygens (including phenoxy) is 1. The van der Waals surface area contributed by atoms with Crippen molar-refractivity contribution in [3.8, 4) is 0 Å². The number of anilines is 1. The van der Waals surface area contributed by atoms with Crippen LogP contribution in [0, 0.1) is 5.41 Å². The highest BCUT2D eigenvalue weighted by Crippen LogP contribution is 2.34. The molecule has 1 spiro atoms. The third-order valence-electron chi connectivity index (χ3n) is 5.17. The molecule has 25 heavy (non-hydrogen) atoms. The Labute approximate surface area is 148 Å². The summed E-state index contributed by atoms with van der Waals surface area (Å²) in [4.78, 5) is 17.9. The molecular formula is C19H25N5O. The van der Waals surface area contributed by atoms with E-state index < -0.39 is 0 Å². The topological polar surface area (TPSA) is 54.4 Å². The molecule has 0 N–H and O–H groups in total. The summed E-state index contributed by atoms with van der Waals surface area (Å²) in [5.74, 6) is 0.818. The number of hydrogen-bond acceptors (Lipinski definition) is 6. The van der Waals surface area contributed by atoms with Crippen molar-refractivity contribution in [2.24, 2.45) is 5.41 Å². The Morgan fingerprint density at radius 1 is 1.04 bits per heavy atom. The maximum atomic E-state index is 6.00. The Kier molecular flexibility index (Phi) is 4.90. The SMILES string of the molecule is c1cnc(N2CCOCC3(CCCN(Cc4ccncc4)C3)C2)nc1. The zero-order valence-corrected chi connectivity index (χ0v) is 14.5. The molecule has 0 amide bonds. The van der Waals surface area contributed by atoms with Crippen LogP contribution in [0.5, 0.6) is 0 Å². The minimum absolute atomic E-state index is 0.154. The number of aromatic nitrogens is 3. The fraction of sp³-hybridized carbons (Fsp3) is 0.526. The standard InChI is InChI=1S/C19H25N5O/c1-5-19(14-23(10-1)13-17-3-8-20-9-4-17)15-24(11-12-25-16-19)18-21-6-2-7-22-18/h2-4,6-9H,1,5,10-16H2. The number of nitrogens with zero attached hydrogens (tertiary/aromatic N) is 5. The van der Waals surface area contributed by atoms with Gasteiger partial charge >= 0.3 is 0 Å². The molecule has 2 aliphatic heterocycles. The predicted octanol–water partition coefficient (Wildman–Crippen LogP) is 1.99. The van der Waals surface area contributed by atoms with E-state index in [-0.39, 0.29) is 5.41 Å². The van der Waals surface area contributed by atoms with E-state index in [1.165, 1.54) is 18.4 Å². The molecule has 2 aliphatic rings. The van der Waals surface area contributed by atoms with Gasteiger partial charge in [0.2, 0.25) is 5.95 Å². The van der Waals surface area contributed by atoms with Crippen LogP contribution in [0.4, 0.5) is 5.95 Å². The molecule has 0 bridgehead atoms. The van der Waals surface area contributed by atoms with Gasteiger partial charge in [0.1, 0.15) is 0 Å². The Morgan fingerprint density at radius 3 is 2.72 bits per heavy atom. The first kappa shape index (κ1) is 16.4. The zero-order valence-electron chi connectivity index (χ0n) is 14.5. The quantitative estimate of drug-likeness (QED) is 0.852. The van der Waals surface area contributed by atoms with Crippen molar-refractivity contribution in [2.75, 3.05) is 44.3 Å². The summed E-state index contributed by atoms with van der Waals surface area (Å²) >= 11 is 0. The van der Waals surface area contributed by atoms with Crippen LogP contribution in [0.25, 0.3) is 0 Å². The minimum Gasteiger partial charge on any atom is -0.379 e. The van der Waals surface area contributed by atoms with E-state index in [1.54, 1.807) is 0 Å². The lowest BCUT2D eigenvalue weighted by atomic mass is 9.80. The van der Waals surface area contributed by atoms with Gasteiger partial charge in [0.25, 0.3) is 0 Å². The van der Waals surface area contributed by atoms with Gasteiger partial charge in [-0.3, -0.25) is 9.88 Å². The second kappa shape index (κ2) is 7.45. The molecule has 1 atom stereocenters. The molecule has 2 fully saturated rings. The first-order valence-electron chi connectivity index (χ1n) is 9.04. The average Bonchev–Trinajstić information content (AvgIpc) is 2.86. The first-order chi connectivity index (χ1) is 12.3. The Bertz CT molecular complexity index is 668. The van der Waals surface area contributed by atoms with Crippen molar-refractivity contribution in [3.63, 3.8) is 0 Å². The monoisotopic (exact) mass is 339 g/mol. The van der Waals surface area contributed by atoms with Crippen LogP contribution in [0.2, 0.25) is 0 Å². The summed E-state index contributed by atoms with van der Waals surface area (Å²) in [6, 6.07) is 6.08. The maximum absolute atomic E-state index is 6.00. The summed E-state index contributed by atoms with van der Waals surface area (Å²) in [5.41, 5.74) is 1.48. The van der Waals surface area contributed by atoms with Crippen molar-refractivity contribution in [3.05, 3.63) is 48.5 Å². The summed E-state index contributed by atoms with van der Waals surface area (Å²) in [5, 5.41) is 0. The molecule has 1 unspecified atom stereocenters. The number of hydrogen-bond donors (Lipinski definition) is 0. The second-order valence-corrected chi connectivity index (χ2v) is 7.19. The Hall–Kier alpha value is -2.05. The summed E-state index contributed by atoms with van der Waals surface area (Å²) in [7, 11) is 0. The van der Waals surface area contributed by atoms with Gasteiger partial charge in [0.15, 0.2) is 0 Å². The summed E-state index contributed by atoms with van der Waals surface area (Å²) < 4.78 is 6.00. The molecule has 4 rings (SSSR count). The van der Waals surface area contributed by atoms with Gasteiger partial charge < -0.3 is 9.64 Å². The van der Waals surface area contributed by atoms with Crippen LogP contribution in [-0.2, 0) is 11.3 Å². The molecule has 6 heteroatoms. The van der Waals surface area contributed by atoms with Crippen molar-refractivity contribution in [1.82, 2.24) is 19.9 Å². The third kappa shape index (κ3) is 3.96. The van der Waals surface area contributed by atoms with Gasteiger partial charge in [-0.2, -0.15) is 0 Å². The molecule has 4 heterocycles. The van der Waals surface area contributed by atoms with E-state index in [1.807, 2.05) is 30.9 Å². The summed E-state index contributed by atoms with van der Waals surface area (Å²) in [6.07, 6.45) is 9.78. The first-order valence-corrected chi connectivity index (χ1v) is 9.04. The predicted molar refractivity (Wildman–Crippen MR) is 96.2 cm³/mol. The minimum atomic E-state index is 0.154. The highest BCUT2D eigenvalue weighted by Gasteiger charge is 2.39. The fourth-order valence-electron chi connectivity index (χ4n) is 4.06. The molecule has 2 aromatic rings. The lowest BCUT2D eigenvalue weighted by molar-refractivity contribution is 0.0106. The molecule has 2 saturated heterocycles. The second-order valence-electron chi connectivity index (χ2n) is 7.19. The van der Waals surface area contributed by atoms with Gasteiger partial charge in [-0.25, -0.2) is 9.97 Å². The Morgan fingerprint density at radius 2 is 1.88 bits per heavy atom. The van der Waals surface area contributed by atoms with Gasteiger partial charge in [-0.05, 0) is 43.1 Å². The molecule has 0 aromatic carbocycles. The lowest BCUT2D eigenvalue weighted by Gasteiger charge is -2.43. The summed E-state index contributed by atoms with van der Waals surface area (Å²) in [6.45, 7) is 6.56. The third-order valence-corrected chi connectivity index (χ3v) is 5.17. The van der Waals surface area contributed by atoms with E-state index in [2.05, 4.69) is 36.9 Å². The molecule has 6 nitrogen and oxygen atoms in total. The smallest absolute Gasteiger partial charge is 0.225 e. The van der Waals surface area contributed by atoms with E-state index in [9.17, 15) is 0 Å². The molecule has 0 aliphatic carbocycles. The van der Waals surface area contributed by atoms with Crippen molar-refractivity contribution < 1.29 is 4.74 Å². The van der Waals surface area contributed by atoms with Crippen LogP contribution in [-0.4, -0.2) is 59.2 Å². The van der Waals surface area contributed by atoms with Crippen LogP contribution in [0.15, 0.2) is 43.0 Å². The normalized spacial score (nSPS) is 25.0.